The Morgan fingerprint density at radius 1 is 0.955 bits per heavy atom. The first-order chi connectivity index (χ1) is 21.4. The highest BCUT2D eigenvalue weighted by Crippen LogP contribution is 2.45. The minimum absolute atomic E-state index is 0.170. The van der Waals surface area contributed by atoms with Gasteiger partial charge in [0.2, 0.25) is 0 Å². The number of carbonyl (C=O) groups is 1. The lowest BCUT2D eigenvalue weighted by Gasteiger charge is -2.22. The number of fused-ring (bicyclic) bond motifs is 3. The van der Waals surface area contributed by atoms with Crippen LogP contribution in [0.1, 0.15) is 33.9 Å². The van der Waals surface area contributed by atoms with Crippen LogP contribution in [0.5, 0.6) is 11.5 Å². The summed E-state index contributed by atoms with van der Waals surface area (Å²) in [5, 5.41) is 15.5. The molecule has 0 unspecified atom stereocenters. The number of likely N-dealkylation sites (N-methyl/N-ethyl adjacent to an activating group) is 1. The van der Waals surface area contributed by atoms with E-state index in [0.29, 0.717) is 13.1 Å². The van der Waals surface area contributed by atoms with E-state index in [1.807, 2.05) is 43.3 Å². The molecule has 0 aliphatic heterocycles. The van der Waals surface area contributed by atoms with Gasteiger partial charge in [-0.3, -0.25) is 4.68 Å². The van der Waals surface area contributed by atoms with Gasteiger partial charge in [0.1, 0.15) is 17.5 Å². The first-order valence-corrected chi connectivity index (χ1v) is 15.6. The molecule has 0 fully saturated rings. The summed E-state index contributed by atoms with van der Waals surface area (Å²) in [6.07, 6.45) is 0.798. The second-order valence-corrected chi connectivity index (χ2v) is 11.9. The van der Waals surface area contributed by atoms with Crippen molar-refractivity contribution in [2.75, 3.05) is 41.4 Å². The fourth-order valence-corrected chi connectivity index (χ4v) is 6.36. The summed E-state index contributed by atoms with van der Waals surface area (Å²) in [5.41, 5.74) is 10.1. The third-order valence-electron chi connectivity index (χ3n) is 8.01. The third kappa shape index (κ3) is 6.06. The fraction of sp³-hybridized carbons (Fsp3) is 0.257. The number of amides is 2. The van der Waals surface area contributed by atoms with Crippen LogP contribution in [0, 0.1) is 0 Å². The van der Waals surface area contributed by atoms with Crippen LogP contribution in [0.25, 0.3) is 22.5 Å². The number of urea groups is 1. The van der Waals surface area contributed by atoms with Gasteiger partial charge in [-0.15, -0.1) is 0 Å². The average Bonchev–Trinajstić information content (AvgIpc) is 3.78. The highest BCUT2D eigenvalue weighted by molar-refractivity contribution is 7.08. The van der Waals surface area contributed by atoms with Gasteiger partial charge in [0, 0.05) is 48.1 Å². The van der Waals surface area contributed by atoms with E-state index in [9.17, 15) is 4.79 Å². The number of ether oxygens (including phenoxy) is 2. The summed E-state index contributed by atoms with van der Waals surface area (Å²) in [4.78, 5) is 14.5. The molecule has 0 saturated carbocycles. The minimum atomic E-state index is -0.192. The molecule has 2 heterocycles. The number of nitrogens with zero attached hydrogens (tertiary/aromatic N) is 3. The minimum Gasteiger partial charge on any atom is -0.497 e. The molecule has 0 atom stereocenters. The molecule has 8 nitrogen and oxygen atoms in total. The van der Waals surface area contributed by atoms with Crippen LogP contribution < -0.4 is 20.1 Å². The van der Waals surface area contributed by atoms with Gasteiger partial charge in [-0.25, -0.2) is 4.79 Å². The number of nitrogens with one attached hydrogen (secondary N) is 2. The summed E-state index contributed by atoms with van der Waals surface area (Å²) < 4.78 is 13.1. The summed E-state index contributed by atoms with van der Waals surface area (Å²) in [5.74, 6) is 1.61. The lowest BCUT2D eigenvalue weighted by atomic mass is 9.97. The Balaban J connectivity index is 1.42. The van der Waals surface area contributed by atoms with Gasteiger partial charge < -0.3 is 25.0 Å². The number of carbonyl (C=O) groups excluding carboxylic acids is 1. The van der Waals surface area contributed by atoms with Crippen molar-refractivity contribution >= 4 is 17.4 Å². The number of benzene rings is 3. The molecule has 3 aromatic carbocycles. The van der Waals surface area contributed by atoms with Gasteiger partial charge in [-0.1, -0.05) is 36.4 Å². The Morgan fingerprint density at radius 3 is 2.23 bits per heavy atom. The second-order valence-electron chi connectivity index (χ2n) is 11.2. The number of thiophene rings is 1. The van der Waals surface area contributed by atoms with Crippen LogP contribution in [0.15, 0.2) is 83.6 Å². The standard InChI is InChI=1S/C35H37N5O3S/c1-39(2)17-16-36-35(41)37-21-23-5-6-26-20-31-32(27-15-18-44-22-27)38-40(34(31)30(26)19-23)33(24-7-11-28(42-3)12-8-24)25-9-13-29(43-4)14-10-25/h5-15,18-19,22,33H,16-17,20-21H2,1-4H3,(H2,36,37,41). The molecule has 2 aromatic heterocycles. The normalized spacial score (nSPS) is 11.9. The summed E-state index contributed by atoms with van der Waals surface area (Å²) in [7, 11) is 7.34. The molecule has 0 radical (unpaired) electrons. The SMILES string of the molecule is COc1ccc(C(c2ccc(OC)cc2)n2nc(-c3ccsc3)c3c2-c2cc(CNC(=O)NCCN(C)C)ccc2C3)cc1. The Labute approximate surface area is 262 Å². The Bertz CT molecular complexity index is 1680. The highest BCUT2D eigenvalue weighted by Gasteiger charge is 2.32. The van der Waals surface area contributed by atoms with E-state index >= 15 is 0 Å². The van der Waals surface area contributed by atoms with E-state index in [0.717, 1.165) is 63.7 Å². The maximum Gasteiger partial charge on any atom is 0.315 e. The topological polar surface area (TPSA) is 80.6 Å². The lowest BCUT2D eigenvalue weighted by molar-refractivity contribution is 0.239. The summed E-state index contributed by atoms with van der Waals surface area (Å²) in [6.45, 7) is 1.81. The molecular weight excluding hydrogens is 570 g/mol. The Kier molecular flexibility index (Phi) is 8.67. The molecule has 6 rings (SSSR count). The van der Waals surface area contributed by atoms with Crippen molar-refractivity contribution in [1.82, 2.24) is 25.3 Å². The number of methoxy groups -OCH3 is 2. The van der Waals surface area contributed by atoms with Crippen molar-refractivity contribution in [3.8, 4) is 34.0 Å². The van der Waals surface area contributed by atoms with Crippen LogP contribution in [0.2, 0.25) is 0 Å². The highest BCUT2D eigenvalue weighted by atomic mass is 32.1. The van der Waals surface area contributed by atoms with Crippen molar-refractivity contribution in [3.63, 3.8) is 0 Å². The maximum absolute atomic E-state index is 12.4. The maximum atomic E-state index is 12.4. The van der Waals surface area contributed by atoms with Crippen LogP contribution in [0.4, 0.5) is 4.79 Å². The zero-order chi connectivity index (χ0) is 30.6. The van der Waals surface area contributed by atoms with E-state index in [4.69, 9.17) is 14.6 Å². The van der Waals surface area contributed by atoms with Crippen molar-refractivity contribution < 1.29 is 14.3 Å². The monoisotopic (exact) mass is 607 g/mol. The summed E-state index contributed by atoms with van der Waals surface area (Å²) in [6, 6.07) is 24.7. The number of hydrogen-bond acceptors (Lipinski definition) is 6. The predicted molar refractivity (Wildman–Crippen MR) is 176 cm³/mol. The number of rotatable bonds is 11. The molecule has 9 heteroatoms. The van der Waals surface area contributed by atoms with Gasteiger partial charge in [-0.2, -0.15) is 16.4 Å². The predicted octanol–water partition coefficient (Wildman–Crippen LogP) is 6.20. The Hall–Kier alpha value is -4.60. The van der Waals surface area contributed by atoms with E-state index in [2.05, 4.69) is 74.6 Å². The molecule has 5 aromatic rings. The van der Waals surface area contributed by atoms with E-state index in [1.165, 1.54) is 11.1 Å². The molecule has 2 N–H and O–H groups in total. The van der Waals surface area contributed by atoms with Crippen molar-refractivity contribution in [3.05, 3.63) is 111 Å². The molecule has 0 saturated heterocycles. The quantitative estimate of drug-likeness (QED) is 0.183. The lowest BCUT2D eigenvalue weighted by Crippen LogP contribution is -2.38. The molecule has 1 aliphatic rings. The van der Waals surface area contributed by atoms with Crippen LogP contribution in [0.3, 0.4) is 0 Å². The molecule has 2 amide bonds. The third-order valence-corrected chi connectivity index (χ3v) is 8.69. The van der Waals surface area contributed by atoms with Gasteiger partial charge >= 0.3 is 6.03 Å². The largest absolute Gasteiger partial charge is 0.497 e. The Morgan fingerprint density at radius 2 is 1.64 bits per heavy atom. The van der Waals surface area contributed by atoms with Crippen LogP contribution in [-0.2, 0) is 13.0 Å². The number of aromatic nitrogens is 2. The molecule has 0 bridgehead atoms. The van der Waals surface area contributed by atoms with E-state index < -0.39 is 0 Å². The molecular formula is C35H37N5O3S. The first kappa shape index (κ1) is 29.5. The summed E-state index contributed by atoms with van der Waals surface area (Å²) >= 11 is 1.68. The van der Waals surface area contributed by atoms with Gasteiger partial charge in [-0.05, 0) is 78.1 Å². The van der Waals surface area contributed by atoms with Crippen LogP contribution in [-0.4, -0.2) is 62.1 Å². The molecule has 226 valence electrons. The molecule has 0 spiro atoms. The van der Waals surface area contributed by atoms with Gasteiger partial charge in [0.25, 0.3) is 0 Å². The molecule has 44 heavy (non-hydrogen) atoms. The van der Waals surface area contributed by atoms with Crippen molar-refractivity contribution in [1.29, 1.82) is 0 Å². The average molecular weight is 608 g/mol. The smallest absolute Gasteiger partial charge is 0.315 e. The van der Waals surface area contributed by atoms with E-state index in [1.54, 1.807) is 25.6 Å². The number of hydrogen-bond donors (Lipinski definition) is 2. The van der Waals surface area contributed by atoms with Crippen LogP contribution >= 0.6 is 11.3 Å². The van der Waals surface area contributed by atoms with Crippen molar-refractivity contribution in [2.24, 2.45) is 0 Å². The second kappa shape index (κ2) is 13.0. The van der Waals surface area contributed by atoms with Crippen molar-refractivity contribution in [2.45, 2.75) is 19.0 Å². The zero-order valence-electron chi connectivity index (χ0n) is 25.5. The molecule has 1 aliphatic carbocycles. The first-order valence-electron chi connectivity index (χ1n) is 14.7. The zero-order valence-corrected chi connectivity index (χ0v) is 26.3. The van der Waals surface area contributed by atoms with E-state index in [-0.39, 0.29) is 12.1 Å². The fourth-order valence-electron chi connectivity index (χ4n) is 5.72. The van der Waals surface area contributed by atoms with Gasteiger partial charge in [0.05, 0.1) is 25.6 Å². The van der Waals surface area contributed by atoms with Gasteiger partial charge in [0.15, 0.2) is 0 Å².